The van der Waals surface area contributed by atoms with Crippen molar-refractivity contribution in [3.05, 3.63) is 65.7 Å². The van der Waals surface area contributed by atoms with Gasteiger partial charge in [-0.2, -0.15) is 0 Å². The molecule has 2 aromatic carbocycles. The van der Waals surface area contributed by atoms with Crippen LogP contribution in [-0.2, 0) is 4.79 Å². The molecule has 0 aliphatic rings. The second kappa shape index (κ2) is 10.4. The molecule has 0 saturated heterocycles. The van der Waals surface area contributed by atoms with Crippen molar-refractivity contribution >= 4 is 38.5 Å². The van der Waals surface area contributed by atoms with Gasteiger partial charge in [0.25, 0.3) is 5.91 Å². The van der Waals surface area contributed by atoms with Crippen LogP contribution in [0.3, 0.4) is 0 Å². The van der Waals surface area contributed by atoms with E-state index in [0.29, 0.717) is 16.3 Å². The molecule has 8 nitrogen and oxygen atoms in total. The summed E-state index contributed by atoms with van der Waals surface area (Å²) < 4.78 is 48.6. The lowest BCUT2D eigenvalue weighted by atomic mass is 10.1. The SMILES string of the molecule is COc1nc(-c2ccc3nc(NC(C)=O)sc3c2)ccc1C(=O)NC(C)c1ccccc1OC(F)(F)F. The molecule has 0 aliphatic carbocycles. The van der Waals surface area contributed by atoms with Gasteiger partial charge in [0.2, 0.25) is 11.8 Å². The Bertz CT molecular complexity index is 1470. The molecule has 37 heavy (non-hydrogen) atoms. The van der Waals surface area contributed by atoms with E-state index in [9.17, 15) is 22.8 Å². The number of nitrogens with zero attached hydrogens (tertiary/aromatic N) is 2. The summed E-state index contributed by atoms with van der Waals surface area (Å²) in [5.74, 6) is -1.15. The highest BCUT2D eigenvalue weighted by Gasteiger charge is 2.32. The van der Waals surface area contributed by atoms with Crippen LogP contribution in [0.2, 0.25) is 0 Å². The second-order valence-corrected chi connectivity index (χ2v) is 8.95. The van der Waals surface area contributed by atoms with Crippen molar-refractivity contribution in [3.63, 3.8) is 0 Å². The molecule has 1 atom stereocenters. The summed E-state index contributed by atoms with van der Waals surface area (Å²) in [4.78, 5) is 33.1. The molecule has 0 radical (unpaired) electrons. The molecule has 192 valence electrons. The normalized spacial score (nSPS) is 12.2. The first-order chi connectivity index (χ1) is 17.5. The molecule has 4 aromatic rings. The van der Waals surface area contributed by atoms with Gasteiger partial charge >= 0.3 is 6.36 Å². The van der Waals surface area contributed by atoms with Gasteiger partial charge in [-0.3, -0.25) is 9.59 Å². The number of aromatic nitrogens is 2. The third-order valence-corrected chi connectivity index (χ3v) is 6.16. The van der Waals surface area contributed by atoms with Crippen LogP contribution in [0, 0.1) is 0 Å². The number of halogens is 3. The van der Waals surface area contributed by atoms with E-state index in [4.69, 9.17) is 4.74 Å². The number of anilines is 1. The molecule has 1 unspecified atom stereocenters. The standard InChI is InChI=1S/C25H21F3N4O4S/c1-13(16-6-4-5-7-20(16)36-25(26,27)28)29-22(34)17-9-11-18(31-23(17)35-3)15-8-10-19-21(12-15)37-24(32-19)30-14(2)33/h4-13H,1-3H3,(H,29,34)(H,30,32,33). The maximum absolute atomic E-state index is 13.0. The number of pyridine rings is 1. The number of amides is 2. The Morgan fingerprint density at radius 3 is 2.51 bits per heavy atom. The van der Waals surface area contributed by atoms with Crippen LogP contribution in [0.25, 0.3) is 21.5 Å². The molecule has 4 rings (SSSR count). The summed E-state index contributed by atoms with van der Waals surface area (Å²) in [6.45, 7) is 2.95. The largest absolute Gasteiger partial charge is 0.573 e. The molecule has 2 N–H and O–H groups in total. The van der Waals surface area contributed by atoms with Crippen LogP contribution in [0.5, 0.6) is 11.6 Å². The first-order valence-corrected chi connectivity index (χ1v) is 11.7. The molecule has 2 amide bonds. The predicted octanol–water partition coefficient (Wildman–Crippen LogP) is 5.71. The molecule has 0 spiro atoms. The number of ether oxygens (including phenoxy) is 2. The van der Waals surface area contributed by atoms with E-state index >= 15 is 0 Å². The van der Waals surface area contributed by atoms with Crippen molar-refractivity contribution in [2.24, 2.45) is 0 Å². The zero-order valence-electron chi connectivity index (χ0n) is 19.8. The van der Waals surface area contributed by atoms with Gasteiger partial charge in [0.1, 0.15) is 11.3 Å². The number of para-hydroxylation sites is 1. The van der Waals surface area contributed by atoms with Gasteiger partial charge in [-0.25, -0.2) is 9.97 Å². The highest BCUT2D eigenvalue weighted by molar-refractivity contribution is 7.22. The van der Waals surface area contributed by atoms with Crippen LogP contribution in [0.1, 0.15) is 35.8 Å². The third-order valence-electron chi connectivity index (χ3n) is 5.22. The number of thiazole rings is 1. The summed E-state index contributed by atoms with van der Waals surface area (Å²) >= 11 is 1.31. The zero-order chi connectivity index (χ0) is 26.7. The van der Waals surface area contributed by atoms with Crippen LogP contribution < -0.4 is 20.1 Å². The van der Waals surface area contributed by atoms with Gasteiger partial charge in [-0.15, -0.1) is 13.2 Å². The minimum absolute atomic E-state index is 0.0466. The average Bonchev–Trinajstić information content (AvgIpc) is 3.23. The van der Waals surface area contributed by atoms with E-state index in [1.54, 1.807) is 31.2 Å². The first-order valence-electron chi connectivity index (χ1n) is 10.9. The fraction of sp³-hybridized carbons (Fsp3) is 0.200. The fourth-order valence-corrected chi connectivity index (χ4v) is 4.58. The second-order valence-electron chi connectivity index (χ2n) is 7.92. The Hall–Kier alpha value is -4.19. The minimum Gasteiger partial charge on any atom is -0.480 e. The predicted molar refractivity (Wildman–Crippen MR) is 133 cm³/mol. The summed E-state index contributed by atoms with van der Waals surface area (Å²) in [7, 11) is 1.37. The molecular formula is C25H21F3N4O4S. The number of fused-ring (bicyclic) bond motifs is 1. The number of hydrogen-bond acceptors (Lipinski definition) is 7. The summed E-state index contributed by atoms with van der Waals surface area (Å²) in [5, 5.41) is 5.81. The Balaban J connectivity index is 1.57. The maximum Gasteiger partial charge on any atom is 0.573 e. The molecule has 2 aromatic heterocycles. The Labute approximate surface area is 213 Å². The van der Waals surface area contributed by atoms with Crippen molar-refractivity contribution in [2.75, 3.05) is 12.4 Å². The monoisotopic (exact) mass is 530 g/mol. The van der Waals surface area contributed by atoms with Crippen LogP contribution in [-0.4, -0.2) is 35.3 Å². The van der Waals surface area contributed by atoms with Gasteiger partial charge in [0.15, 0.2) is 5.13 Å². The third kappa shape index (κ3) is 6.15. The van der Waals surface area contributed by atoms with Crippen LogP contribution in [0.15, 0.2) is 54.6 Å². The number of rotatable bonds is 7. The average molecular weight is 531 g/mol. The number of carbonyl (C=O) groups is 2. The van der Waals surface area contributed by atoms with Crippen LogP contribution in [0.4, 0.5) is 18.3 Å². The van der Waals surface area contributed by atoms with E-state index in [1.807, 2.05) is 6.07 Å². The molecular weight excluding hydrogens is 509 g/mol. The molecule has 12 heteroatoms. The van der Waals surface area contributed by atoms with E-state index < -0.39 is 24.1 Å². The smallest absolute Gasteiger partial charge is 0.480 e. The lowest BCUT2D eigenvalue weighted by Gasteiger charge is -2.19. The highest BCUT2D eigenvalue weighted by atomic mass is 32.1. The molecule has 0 aliphatic heterocycles. The summed E-state index contributed by atoms with van der Waals surface area (Å²) in [6.07, 6.45) is -4.86. The van der Waals surface area contributed by atoms with Crippen LogP contribution >= 0.6 is 11.3 Å². The van der Waals surface area contributed by atoms with E-state index in [-0.39, 0.29) is 22.9 Å². The van der Waals surface area contributed by atoms with Gasteiger partial charge in [-0.1, -0.05) is 35.6 Å². The number of nitrogens with one attached hydrogen (secondary N) is 2. The molecule has 0 saturated carbocycles. The quantitative estimate of drug-likeness (QED) is 0.317. The number of benzene rings is 2. The number of carbonyl (C=O) groups excluding carboxylic acids is 2. The van der Waals surface area contributed by atoms with Gasteiger partial charge in [0.05, 0.1) is 29.1 Å². The van der Waals surface area contributed by atoms with Crippen molar-refractivity contribution in [3.8, 4) is 22.9 Å². The molecule has 0 bridgehead atoms. The number of methoxy groups -OCH3 is 1. The maximum atomic E-state index is 13.0. The fourth-order valence-electron chi connectivity index (χ4n) is 3.63. The van der Waals surface area contributed by atoms with Gasteiger partial charge < -0.3 is 20.1 Å². The van der Waals surface area contributed by atoms with Crippen molar-refractivity contribution in [1.82, 2.24) is 15.3 Å². The lowest BCUT2D eigenvalue weighted by Crippen LogP contribution is -2.28. The van der Waals surface area contributed by atoms with Crippen molar-refractivity contribution in [1.29, 1.82) is 0 Å². The van der Waals surface area contributed by atoms with E-state index in [2.05, 4.69) is 25.3 Å². The lowest BCUT2D eigenvalue weighted by molar-refractivity contribution is -0.275. The van der Waals surface area contributed by atoms with Gasteiger partial charge in [0, 0.05) is 18.1 Å². The van der Waals surface area contributed by atoms with Crippen molar-refractivity contribution < 1.29 is 32.2 Å². The molecule has 2 heterocycles. The van der Waals surface area contributed by atoms with E-state index in [0.717, 1.165) is 10.3 Å². The van der Waals surface area contributed by atoms with Crippen molar-refractivity contribution in [2.45, 2.75) is 26.3 Å². The number of hydrogen-bond donors (Lipinski definition) is 2. The first kappa shape index (κ1) is 25.9. The van der Waals surface area contributed by atoms with E-state index in [1.165, 1.54) is 49.6 Å². The minimum atomic E-state index is -4.86. The summed E-state index contributed by atoms with van der Waals surface area (Å²) in [6, 6.07) is 13.4. The molecule has 0 fully saturated rings. The number of alkyl halides is 3. The summed E-state index contributed by atoms with van der Waals surface area (Å²) in [5.41, 5.74) is 2.25. The van der Waals surface area contributed by atoms with Gasteiger partial charge in [-0.05, 0) is 37.3 Å². The topological polar surface area (TPSA) is 102 Å². The Morgan fingerprint density at radius 2 is 1.81 bits per heavy atom. The zero-order valence-corrected chi connectivity index (χ0v) is 20.7. The highest BCUT2D eigenvalue weighted by Crippen LogP contribution is 2.33. The Morgan fingerprint density at radius 1 is 1.05 bits per heavy atom. The Kier molecular flexibility index (Phi) is 7.30.